The van der Waals surface area contributed by atoms with E-state index < -0.39 is 0 Å². The van der Waals surface area contributed by atoms with Gasteiger partial charge in [-0.1, -0.05) is 13.8 Å². The van der Waals surface area contributed by atoms with Gasteiger partial charge in [-0.05, 0) is 49.6 Å². The lowest BCUT2D eigenvalue weighted by Crippen LogP contribution is -2.26. The minimum Gasteiger partial charge on any atom is -0.352 e. The summed E-state index contributed by atoms with van der Waals surface area (Å²) in [5, 5.41) is 7.21. The zero-order chi connectivity index (χ0) is 16.8. The van der Waals surface area contributed by atoms with Crippen molar-refractivity contribution in [1.82, 2.24) is 15.1 Å². The molecule has 3 N–H and O–H groups in total. The van der Waals surface area contributed by atoms with E-state index in [1.807, 2.05) is 13.8 Å². The van der Waals surface area contributed by atoms with E-state index in [1.54, 1.807) is 23.0 Å². The maximum absolute atomic E-state index is 13.1. The number of rotatable bonds is 7. The molecule has 2 rings (SSSR count). The summed E-state index contributed by atoms with van der Waals surface area (Å²) in [6, 6.07) is 6.07. The van der Waals surface area contributed by atoms with Crippen LogP contribution in [0.3, 0.4) is 0 Å². The van der Waals surface area contributed by atoms with Crippen LogP contribution in [-0.4, -0.2) is 28.8 Å². The lowest BCUT2D eigenvalue weighted by molar-refractivity contribution is 0.0951. The van der Waals surface area contributed by atoms with Crippen LogP contribution in [0.5, 0.6) is 0 Å². The number of aromatic nitrogens is 2. The van der Waals surface area contributed by atoms with Crippen molar-refractivity contribution in [3.8, 4) is 5.69 Å². The topological polar surface area (TPSA) is 72.9 Å². The molecule has 23 heavy (non-hydrogen) atoms. The number of amides is 1. The number of benzene rings is 1. The van der Waals surface area contributed by atoms with Gasteiger partial charge in [-0.3, -0.25) is 4.79 Å². The maximum Gasteiger partial charge on any atom is 0.254 e. The molecule has 0 aliphatic heterocycles. The summed E-state index contributed by atoms with van der Waals surface area (Å²) in [5.41, 5.74) is 7.55. The van der Waals surface area contributed by atoms with Crippen LogP contribution in [0.2, 0.25) is 0 Å². The minimum absolute atomic E-state index is 0.104. The summed E-state index contributed by atoms with van der Waals surface area (Å²) < 4.78 is 14.8. The number of hydrogen-bond donors (Lipinski definition) is 2. The van der Waals surface area contributed by atoms with Gasteiger partial charge in [0.2, 0.25) is 0 Å². The van der Waals surface area contributed by atoms with Crippen LogP contribution >= 0.6 is 0 Å². The summed E-state index contributed by atoms with van der Waals surface area (Å²) >= 11 is 0. The number of carbonyl (C=O) groups is 1. The van der Waals surface area contributed by atoms with Crippen molar-refractivity contribution in [1.29, 1.82) is 0 Å². The third-order valence-electron chi connectivity index (χ3n) is 3.59. The highest BCUT2D eigenvalue weighted by atomic mass is 19.1. The second-order valence-corrected chi connectivity index (χ2v) is 5.74. The molecule has 1 aromatic carbocycles. The summed E-state index contributed by atoms with van der Waals surface area (Å²) in [7, 11) is 0. The highest BCUT2D eigenvalue weighted by Gasteiger charge is 2.20. The SMILES string of the molecule is CC(C)c1c(C(=O)NCCCCN)cnn1-c1ccc(F)cc1. The fourth-order valence-corrected chi connectivity index (χ4v) is 2.44. The van der Waals surface area contributed by atoms with E-state index in [-0.39, 0.29) is 17.6 Å². The van der Waals surface area contributed by atoms with Crippen LogP contribution in [0.25, 0.3) is 5.69 Å². The van der Waals surface area contributed by atoms with Crippen LogP contribution in [0.1, 0.15) is 48.7 Å². The number of nitrogens with two attached hydrogens (primary N) is 1. The van der Waals surface area contributed by atoms with Crippen molar-refractivity contribution < 1.29 is 9.18 Å². The van der Waals surface area contributed by atoms with E-state index in [0.717, 1.165) is 24.2 Å². The molecule has 1 heterocycles. The fourth-order valence-electron chi connectivity index (χ4n) is 2.44. The molecular weight excluding hydrogens is 295 g/mol. The molecule has 1 aromatic heterocycles. The first-order valence-electron chi connectivity index (χ1n) is 7.86. The summed E-state index contributed by atoms with van der Waals surface area (Å²) in [6.45, 7) is 5.22. The second kappa shape index (κ2) is 7.87. The van der Waals surface area contributed by atoms with Crippen molar-refractivity contribution in [3.63, 3.8) is 0 Å². The van der Waals surface area contributed by atoms with Gasteiger partial charge < -0.3 is 11.1 Å². The molecule has 2 aromatic rings. The average Bonchev–Trinajstić information content (AvgIpc) is 2.97. The van der Waals surface area contributed by atoms with Gasteiger partial charge >= 0.3 is 0 Å². The molecule has 0 saturated heterocycles. The fraction of sp³-hybridized carbons (Fsp3) is 0.412. The highest BCUT2D eigenvalue weighted by molar-refractivity contribution is 5.95. The number of nitrogens with zero attached hydrogens (tertiary/aromatic N) is 2. The molecular formula is C17H23FN4O. The first-order valence-corrected chi connectivity index (χ1v) is 7.86. The number of halogens is 1. The Bertz CT molecular complexity index is 649. The van der Waals surface area contributed by atoms with Crippen LogP contribution in [0.15, 0.2) is 30.5 Å². The second-order valence-electron chi connectivity index (χ2n) is 5.74. The van der Waals surface area contributed by atoms with E-state index in [4.69, 9.17) is 5.73 Å². The number of nitrogens with one attached hydrogen (secondary N) is 1. The third-order valence-corrected chi connectivity index (χ3v) is 3.59. The van der Waals surface area contributed by atoms with E-state index >= 15 is 0 Å². The van der Waals surface area contributed by atoms with E-state index in [1.165, 1.54) is 12.1 Å². The van der Waals surface area contributed by atoms with Gasteiger partial charge in [0.05, 0.1) is 23.1 Å². The zero-order valence-electron chi connectivity index (χ0n) is 13.6. The Balaban J connectivity index is 2.24. The van der Waals surface area contributed by atoms with E-state index in [2.05, 4.69) is 10.4 Å². The van der Waals surface area contributed by atoms with Crippen LogP contribution in [0.4, 0.5) is 4.39 Å². The average molecular weight is 318 g/mol. The standard InChI is InChI=1S/C17H23FN4O/c1-12(2)16-15(17(23)20-10-4-3-9-19)11-21-22(16)14-7-5-13(18)6-8-14/h5-8,11-12H,3-4,9-10,19H2,1-2H3,(H,20,23). The van der Waals surface area contributed by atoms with E-state index in [0.29, 0.717) is 18.7 Å². The van der Waals surface area contributed by atoms with Crippen LogP contribution in [0, 0.1) is 5.82 Å². The largest absolute Gasteiger partial charge is 0.352 e. The monoisotopic (exact) mass is 318 g/mol. The van der Waals surface area contributed by atoms with Crippen molar-refractivity contribution >= 4 is 5.91 Å². The highest BCUT2D eigenvalue weighted by Crippen LogP contribution is 2.23. The molecule has 0 atom stereocenters. The number of unbranched alkanes of at least 4 members (excludes halogenated alkanes) is 1. The van der Waals surface area contributed by atoms with Gasteiger partial charge in [0.25, 0.3) is 5.91 Å². The molecule has 0 spiro atoms. The minimum atomic E-state index is -0.301. The first-order chi connectivity index (χ1) is 11.0. The molecule has 124 valence electrons. The lowest BCUT2D eigenvalue weighted by Gasteiger charge is -2.13. The number of carbonyl (C=O) groups excluding carboxylic acids is 1. The maximum atomic E-state index is 13.1. The molecule has 6 heteroatoms. The van der Waals surface area contributed by atoms with Gasteiger partial charge in [-0.15, -0.1) is 0 Å². The van der Waals surface area contributed by atoms with E-state index in [9.17, 15) is 9.18 Å². The molecule has 1 amide bonds. The molecule has 0 saturated carbocycles. The Hall–Kier alpha value is -2.21. The van der Waals surface area contributed by atoms with Crippen molar-refractivity contribution in [3.05, 3.63) is 47.5 Å². The first kappa shape index (κ1) is 17.1. The van der Waals surface area contributed by atoms with Crippen molar-refractivity contribution in [2.24, 2.45) is 5.73 Å². The predicted molar refractivity (Wildman–Crippen MR) is 88.2 cm³/mol. The molecule has 0 radical (unpaired) electrons. The smallest absolute Gasteiger partial charge is 0.254 e. The predicted octanol–water partition coefficient (Wildman–Crippen LogP) is 2.60. The molecule has 5 nitrogen and oxygen atoms in total. The molecule has 0 aliphatic carbocycles. The third kappa shape index (κ3) is 4.16. The molecule has 0 unspecified atom stereocenters. The Morgan fingerprint density at radius 3 is 2.61 bits per heavy atom. The molecule has 0 bridgehead atoms. The molecule has 0 aliphatic rings. The Kier molecular flexibility index (Phi) is 5.87. The van der Waals surface area contributed by atoms with Gasteiger partial charge in [-0.25, -0.2) is 9.07 Å². The van der Waals surface area contributed by atoms with Crippen molar-refractivity contribution in [2.45, 2.75) is 32.6 Å². The summed E-state index contributed by atoms with van der Waals surface area (Å²) in [4.78, 5) is 12.4. The van der Waals surface area contributed by atoms with Crippen molar-refractivity contribution in [2.75, 3.05) is 13.1 Å². The van der Waals surface area contributed by atoms with Gasteiger partial charge in [0.15, 0.2) is 0 Å². The normalized spacial score (nSPS) is 11.0. The Morgan fingerprint density at radius 2 is 2.00 bits per heavy atom. The lowest BCUT2D eigenvalue weighted by atomic mass is 10.0. The van der Waals surface area contributed by atoms with Crippen LogP contribution in [-0.2, 0) is 0 Å². The van der Waals surface area contributed by atoms with Gasteiger partial charge in [0, 0.05) is 6.54 Å². The summed E-state index contributed by atoms with van der Waals surface area (Å²) in [5.74, 6) is -0.337. The number of hydrogen-bond acceptors (Lipinski definition) is 3. The summed E-state index contributed by atoms with van der Waals surface area (Å²) in [6.07, 6.45) is 3.30. The molecule has 0 fully saturated rings. The Labute approximate surface area is 135 Å². The van der Waals surface area contributed by atoms with Crippen LogP contribution < -0.4 is 11.1 Å². The van der Waals surface area contributed by atoms with Gasteiger partial charge in [0.1, 0.15) is 5.82 Å². The zero-order valence-corrected chi connectivity index (χ0v) is 13.6. The Morgan fingerprint density at radius 1 is 1.30 bits per heavy atom. The quantitative estimate of drug-likeness (QED) is 0.771. The van der Waals surface area contributed by atoms with Gasteiger partial charge in [-0.2, -0.15) is 5.10 Å².